The van der Waals surface area contributed by atoms with E-state index in [4.69, 9.17) is 21.1 Å². The van der Waals surface area contributed by atoms with Crippen molar-refractivity contribution in [2.45, 2.75) is 26.4 Å². The van der Waals surface area contributed by atoms with Crippen LogP contribution in [0.1, 0.15) is 30.6 Å². The van der Waals surface area contributed by atoms with Crippen LogP contribution in [0.5, 0.6) is 5.75 Å². The first-order chi connectivity index (χ1) is 8.13. The first-order valence-electron chi connectivity index (χ1n) is 5.63. The summed E-state index contributed by atoms with van der Waals surface area (Å²) in [5.41, 5.74) is 0.562. The Morgan fingerprint density at radius 2 is 2.12 bits per heavy atom. The molecule has 0 fully saturated rings. The number of Topliss-reactive ketones (excluding diaryl/α,β-unsaturated/α-hetero) is 1. The number of benzene rings is 1. The van der Waals surface area contributed by atoms with Crippen LogP contribution in [0.25, 0.3) is 0 Å². The largest absolute Gasteiger partial charge is 0.495 e. The molecule has 3 nitrogen and oxygen atoms in total. The third-order valence-electron chi connectivity index (χ3n) is 2.47. The molecule has 4 heteroatoms. The van der Waals surface area contributed by atoms with Crippen LogP contribution in [0.2, 0.25) is 5.02 Å². The number of hydrogen-bond acceptors (Lipinski definition) is 3. The second-order valence-corrected chi connectivity index (χ2v) is 3.97. The van der Waals surface area contributed by atoms with Crippen molar-refractivity contribution in [3.63, 3.8) is 0 Å². The molecular formula is C13H17ClO3. The van der Waals surface area contributed by atoms with Crippen molar-refractivity contribution in [2.75, 3.05) is 13.7 Å². The van der Waals surface area contributed by atoms with Crippen molar-refractivity contribution in [3.8, 4) is 5.75 Å². The number of hydrogen-bond donors (Lipinski definition) is 0. The lowest BCUT2D eigenvalue weighted by molar-refractivity contribution is 0.0443. The maximum Gasteiger partial charge on any atom is 0.191 e. The van der Waals surface area contributed by atoms with E-state index in [1.165, 1.54) is 7.11 Å². The van der Waals surface area contributed by atoms with E-state index in [9.17, 15) is 4.79 Å². The van der Waals surface area contributed by atoms with Gasteiger partial charge in [0.05, 0.1) is 12.1 Å². The van der Waals surface area contributed by atoms with Crippen molar-refractivity contribution in [3.05, 3.63) is 28.8 Å². The predicted octanol–water partition coefficient (Wildman–Crippen LogP) is 3.35. The molecule has 17 heavy (non-hydrogen) atoms. The highest BCUT2D eigenvalue weighted by Gasteiger charge is 2.19. The van der Waals surface area contributed by atoms with Crippen LogP contribution in [0.4, 0.5) is 0 Å². The number of ether oxygens (including phenoxy) is 2. The number of ketones is 1. The minimum Gasteiger partial charge on any atom is -0.495 e. The molecule has 1 unspecified atom stereocenters. The summed E-state index contributed by atoms with van der Waals surface area (Å²) < 4.78 is 10.5. The van der Waals surface area contributed by atoms with Gasteiger partial charge in [-0.3, -0.25) is 4.79 Å². The number of carbonyl (C=O) groups excluding carboxylic acids is 1. The quantitative estimate of drug-likeness (QED) is 0.733. The van der Waals surface area contributed by atoms with Gasteiger partial charge in [-0.05, 0) is 31.5 Å². The Bertz CT molecular complexity index is 390. The van der Waals surface area contributed by atoms with Gasteiger partial charge < -0.3 is 9.47 Å². The zero-order valence-electron chi connectivity index (χ0n) is 10.3. The molecule has 0 saturated heterocycles. The lowest BCUT2D eigenvalue weighted by Crippen LogP contribution is -2.23. The van der Waals surface area contributed by atoms with Gasteiger partial charge in [-0.2, -0.15) is 0 Å². The Balaban J connectivity index is 2.95. The number of carbonyl (C=O) groups is 1. The van der Waals surface area contributed by atoms with Crippen LogP contribution >= 0.6 is 11.6 Å². The fourth-order valence-corrected chi connectivity index (χ4v) is 1.77. The first-order valence-corrected chi connectivity index (χ1v) is 6.01. The van der Waals surface area contributed by atoms with Gasteiger partial charge in [-0.15, -0.1) is 0 Å². The summed E-state index contributed by atoms with van der Waals surface area (Å²) in [5, 5.41) is 0.494. The van der Waals surface area contributed by atoms with Gasteiger partial charge in [0.1, 0.15) is 11.9 Å². The minimum absolute atomic E-state index is 0.0377. The molecule has 0 N–H and O–H groups in total. The van der Waals surface area contributed by atoms with E-state index in [0.29, 0.717) is 29.4 Å². The normalized spacial score (nSPS) is 12.2. The topological polar surface area (TPSA) is 35.5 Å². The van der Waals surface area contributed by atoms with E-state index in [2.05, 4.69) is 0 Å². The van der Waals surface area contributed by atoms with Gasteiger partial charge >= 0.3 is 0 Å². The second-order valence-electron chi connectivity index (χ2n) is 3.57. The smallest absolute Gasteiger partial charge is 0.191 e. The average Bonchev–Trinajstić information content (AvgIpc) is 2.35. The maximum absolute atomic E-state index is 12.1. The Labute approximate surface area is 107 Å². The van der Waals surface area contributed by atoms with Crippen LogP contribution in [0.15, 0.2) is 18.2 Å². The third-order valence-corrected chi connectivity index (χ3v) is 2.78. The molecule has 1 rings (SSSR count). The summed E-state index contributed by atoms with van der Waals surface area (Å²) >= 11 is 5.91. The molecular weight excluding hydrogens is 240 g/mol. The third kappa shape index (κ3) is 3.45. The standard InChI is InChI=1S/C13H17ClO3/c1-4-11(17-5-2)13(15)9-6-7-10(14)12(8-9)16-3/h6-8,11H,4-5H2,1-3H3. The average molecular weight is 257 g/mol. The highest BCUT2D eigenvalue weighted by Crippen LogP contribution is 2.26. The van der Waals surface area contributed by atoms with E-state index in [-0.39, 0.29) is 5.78 Å². The molecule has 0 radical (unpaired) electrons. The summed E-state index contributed by atoms with van der Waals surface area (Å²) in [5.74, 6) is 0.466. The molecule has 0 spiro atoms. The Hall–Kier alpha value is -1.06. The van der Waals surface area contributed by atoms with Crippen LogP contribution < -0.4 is 4.74 Å². The Morgan fingerprint density at radius 3 is 2.65 bits per heavy atom. The van der Waals surface area contributed by atoms with Gasteiger partial charge in [0.15, 0.2) is 5.78 Å². The van der Waals surface area contributed by atoms with Crippen molar-refractivity contribution < 1.29 is 14.3 Å². The van der Waals surface area contributed by atoms with Crippen molar-refractivity contribution in [1.29, 1.82) is 0 Å². The number of rotatable bonds is 6. The molecule has 0 amide bonds. The van der Waals surface area contributed by atoms with E-state index in [0.717, 1.165) is 0 Å². The molecule has 0 heterocycles. The summed E-state index contributed by atoms with van der Waals surface area (Å²) in [6, 6.07) is 4.99. The summed E-state index contributed by atoms with van der Waals surface area (Å²) in [4.78, 5) is 12.1. The van der Waals surface area contributed by atoms with Gasteiger partial charge in [-0.25, -0.2) is 0 Å². The fourth-order valence-electron chi connectivity index (χ4n) is 1.58. The molecule has 0 aromatic heterocycles. The molecule has 0 aliphatic carbocycles. The monoisotopic (exact) mass is 256 g/mol. The lowest BCUT2D eigenvalue weighted by Gasteiger charge is -2.14. The molecule has 1 atom stereocenters. The van der Waals surface area contributed by atoms with Crippen LogP contribution in [0, 0.1) is 0 Å². The molecule has 0 aliphatic heterocycles. The summed E-state index contributed by atoms with van der Waals surface area (Å²) in [6.45, 7) is 4.32. The van der Waals surface area contributed by atoms with E-state index >= 15 is 0 Å². The number of halogens is 1. The highest BCUT2D eigenvalue weighted by atomic mass is 35.5. The first kappa shape index (κ1) is 14.0. The minimum atomic E-state index is -0.397. The molecule has 0 aliphatic rings. The SMILES string of the molecule is CCOC(CC)C(=O)c1ccc(Cl)c(OC)c1. The Morgan fingerprint density at radius 1 is 1.41 bits per heavy atom. The molecule has 1 aromatic rings. The summed E-state index contributed by atoms with van der Waals surface area (Å²) in [7, 11) is 1.52. The zero-order chi connectivity index (χ0) is 12.8. The van der Waals surface area contributed by atoms with Gasteiger partial charge in [0.2, 0.25) is 0 Å². The van der Waals surface area contributed by atoms with Gasteiger partial charge in [-0.1, -0.05) is 18.5 Å². The highest BCUT2D eigenvalue weighted by molar-refractivity contribution is 6.32. The van der Waals surface area contributed by atoms with Crippen molar-refractivity contribution in [1.82, 2.24) is 0 Å². The van der Waals surface area contributed by atoms with E-state index in [1.54, 1.807) is 18.2 Å². The lowest BCUT2D eigenvalue weighted by atomic mass is 10.0. The Kier molecular flexibility index (Phi) is 5.45. The molecule has 0 saturated carbocycles. The van der Waals surface area contributed by atoms with Gasteiger partial charge in [0.25, 0.3) is 0 Å². The van der Waals surface area contributed by atoms with Crippen LogP contribution in [0.3, 0.4) is 0 Å². The number of methoxy groups -OCH3 is 1. The van der Waals surface area contributed by atoms with E-state index < -0.39 is 6.10 Å². The molecule has 0 bridgehead atoms. The zero-order valence-corrected chi connectivity index (χ0v) is 11.1. The van der Waals surface area contributed by atoms with Gasteiger partial charge in [0, 0.05) is 12.2 Å². The van der Waals surface area contributed by atoms with Crippen molar-refractivity contribution in [2.24, 2.45) is 0 Å². The predicted molar refractivity (Wildman–Crippen MR) is 68.0 cm³/mol. The van der Waals surface area contributed by atoms with Crippen LogP contribution in [-0.4, -0.2) is 25.6 Å². The van der Waals surface area contributed by atoms with E-state index in [1.807, 2.05) is 13.8 Å². The van der Waals surface area contributed by atoms with Crippen molar-refractivity contribution >= 4 is 17.4 Å². The molecule has 94 valence electrons. The fraction of sp³-hybridized carbons (Fsp3) is 0.462. The maximum atomic E-state index is 12.1. The molecule has 1 aromatic carbocycles. The van der Waals surface area contributed by atoms with Crippen LogP contribution in [-0.2, 0) is 4.74 Å². The summed E-state index contributed by atoms with van der Waals surface area (Å²) in [6.07, 6.45) is 0.253. The second kappa shape index (κ2) is 6.62.